The molecule has 0 aromatic heterocycles. The highest BCUT2D eigenvalue weighted by Crippen LogP contribution is 2.67. The lowest BCUT2D eigenvalue weighted by Gasteiger charge is -2.41. The molecule has 41 heavy (non-hydrogen) atoms. The van der Waals surface area contributed by atoms with Crippen LogP contribution in [0.3, 0.4) is 0 Å². The summed E-state index contributed by atoms with van der Waals surface area (Å²) in [5.74, 6) is -1.27. The lowest BCUT2D eigenvalue weighted by molar-refractivity contribution is -0.147. The number of fused-ring (bicyclic) bond motifs is 1. The van der Waals surface area contributed by atoms with Crippen LogP contribution in [0.5, 0.6) is 0 Å². The summed E-state index contributed by atoms with van der Waals surface area (Å²) in [6, 6.07) is 8.28. The third kappa shape index (κ3) is 5.62. The smallest absolute Gasteiger partial charge is 0.247 e. The van der Waals surface area contributed by atoms with E-state index in [2.05, 4.69) is 40.9 Å². The average Bonchev–Trinajstić information content (AvgIpc) is 3.60. The lowest BCUT2D eigenvalue weighted by atomic mass is 9.70. The minimum atomic E-state index is -0.729. The van der Waals surface area contributed by atoms with Crippen molar-refractivity contribution in [3.63, 3.8) is 0 Å². The summed E-state index contributed by atoms with van der Waals surface area (Å²) in [5.41, 5.74) is 0.771. The molecule has 0 saturated carbocycles. The third-order valence-electron chi connectivity index (χ3n) is 9.10. The number of amides is 3. The normalized spacial score (nSPS) is 28.0. The molecule has 3 unspecified atom stereocenters. The fourth-order valence-electron chi connectivity index (χ4n) is 7.46. The van der Waals surface area contributed by atoms with Gasteiger partial charge in [0.05, 0.1) is 29.2 Å². The zero-order chi connectivity index (χ0) is 29.9. The standard InChI is InChI=1S/C33H47N3O4S/c1-7-13-23(6)34(18-8-2)32(40)29-33-17-16-26(41-33)27(28(33)31(39)36(29)25(21-37)20-22(4)5)30(38)35(19-9-3)24-14-11-10-12-15-24/h8-12,14-15,22-23,25-29,37H,2-3,7,13,16-21H2,1,4-6H3/t23?,25-,26-,27+,28+,29?,33?/m1/s1. The van der Waals surface area contributed by atoms with Crippen molar-refractivity contribution in [1.29, 1.82) is 0 Å². The van der Waals surface area contributed by atoms with E-state index in [1.165, 1.54) is 0 Å². The second-order valence-electron chi connectivity index (χ2n) is 12.3. The molecule has 8 heteroatoms. The van der Waals surface area contributed by atoms with Crippen molar-refractivity contribution in [1.82, 2.24) is 9.80 Å². The fourth-order valence-corrected chi connectivity index (χ4v) is 9.65. The van der Waals surface area contributed by atoms with Gasteiger partial charge in [0, 0.05) is 30.1 Å². The van der Waals surface area contributed by atoms with Gasteiger partial charge in [-0.15, -0.1) is 24.9 Å². The number of nitrogens with zero attached hydrogens (tertiary/aromatic N) is 3. The first-order valence-electron chi connectivity index (χ1n) is 15.2. The highest BCUT2D eigenvalue weighted by molar-refractivity contribution is 8.02. The molecule has 3 fully saturated rings. The van der Waals surface area contributed by atoms with Gasteiger partial charge in [-0.3, -0.25) is 14.4 Å². The molecule has 224 valence electrons. The Morgan fingerprint density at radius 1 is 1.15 bits per heavy atom. The van der Waals surface area contributed by atoms with Gasteiger partial charge < -0.3 is 19.8 Å². The molecular weight excluding hydrogens is 534 g/mol. The monoisotopic (exact) mass is 581 g/mol. The largest absolute Gasteiger partial charge is 0.394 e. The summed E-state index contributed by atoms with van der Waals surface area (Å²) in [4.78, 5) is 48.9. The Hall–Kier alpha value is -2.58. The Labute approximate surface area is 250 Å². The first kappa shape index (κ1) is 31.4. The van der Waals surface area contributed by atoms with Crippen LogP contribution >= 0.6 is 11.8 Å². The van der Waals surface area contributed by atoms with Crippen molar-refractivity contribution in [2.45, 2.75) is 87.9 Å². The van der Waals surface area contributed by atoms with E-state index < -0.39 is 28.7 Å². The number of thioether (sulfide) groups is 1. The lowest BCUT2D eigenvalue weighted by Crippen LogP contribution is -2.59. The number of likely N-dealkylation sites (tertiary alicyclic amines) is 1. The number of para-hydroxylation sites is 1. The zero-order valence-electron chi connectivity index (χ0n) is 25.1. The highest BCUT2D eigenvalue weighted by Gasteiger charge is 2.74. The van der Waals surface area contributed by atoms with Gasteiger partial charge in [0.1, 0.15) is 6.04 Å². The molecule has 3 aliphatic heterocycles. The molecule has 1 spiro atoms. The van der Waals surface area contributed by atoms with E-state index in [4.69, 9.17) is 0 Å². The molecule has 7 nitrogen and oxygen atoms in total. The van der Waals surface area contributed by atoms with Gasteiger partial charge in [-0.05, 0) is 50.7 Å². The van der Waals surface area contributed by atoms with Crippen LogP contribution in [-0.2, 0) is 14.4 Å². The Kier molecular flexibility index (Phi) is 10.1. The molecule has 1 aromatic rings. The van der Waals surface area contributed by atoms with E-state index in [-0.39, 0.29) is 41.5 Å². The number of rotatable bonds is 14. The molecule has 3 aliphatic rings. The number of benzene rings is 1. The molecular formula is C33H47N3O4S. The molecule has 3 heterocycles. The molecule has 1 N–H and O–H groups in total. The third-order valence-corrected chi connectivity index (χ3v) is 11.0. The number of anilines is 1. The molecule has 3 amide bonds. The predicted octanol–water partition coefficient (Wildman–Crippen LogP) is 4.91. The second kappa shape index (κ2) is 13.2. The van der Waals surface area contributed by atoms with E-state index in [1.807, 2.05) is 35.2 Å². The van der Waals surface area contributed by atoms with Crippen LogP contribution in [-0.4, -0.2) is 80.4 Å². The van der Waals surface area contributed by atoms with Crippen LogP contribution in [0.4, 0.5) is 5.69 Å². The van der Waals surface area contributed by atoms with Gasteiger partial charge in [-0.1, -0.05) is 57.5 Å². The van der Waals surface area contributed by atoms with E-state index in [0.717, 1.165) is 24.9 Å². The van der Waals surface area contributed by atoms with Gasteiger partial charge >= 0.3 is 0 Å². The average molecular weight is 582 g/mol. The minimum Gasteiger partial charge on any atom is -0.394 e. The van der Waals surface area contributed by atoms with Crippen LogP contribution in [0.2, 0.25) is 0 Å². The van der Waals surface area contributed by atoms with Gasteiger partial charge in [0.15, 0.2) is 0 Å². The summed E-state index contributed by atoms with van der Waals surface area (Å²) in [7, 11) is 0. The minimum absolute atomic E-state index is 0.0160. The first-order valence-corrected chi connectivity index (χ1v) is 16.0. The summed E-state index contributed by atoms with van der Waals surface area (Å²) in [6.45, 7) is 16.6. The van der Waals surface area contributed by atoms with Crippen LogP contribution in [0.15, 0.2) is 55.6 Å². The van der Waals surface area contributed by atoms with Gasteiger partial charge in [-0.25, -0.2) is 0 Å². The van der Waals surface area contributed by atoms with Crippen molar-refractivity contribution < 1.29 is 19.5 Å². The summed E-state index contributed by atoms with van der Waals surface area (Å²) < 4.78 is -0.703. The summed E-state index contributed by atoms with van der Waals surface area (Å²) in [6.07, 6.45) is 7.29. The van der Waals surface area contributed by atoms with Gasteiger partial charge in [0.25, 0.3) is 0 Å². The number of aliphatic hydroxyl groups excluding tert-OH is 1. The van der Waals surface area contributed by atoms with E-state index in [1.54, 1.807) is 33.7 Å². The number of carbonyl (C=O) groups is 3. The molecule has 1 aromatic carbocycles. The first-order chi connectivity index (χ1) is 19.7. The predicted molar refractivity (Wildman–Crippen MR) is 167 cm³/mol. The second-order valence-corrected chi connectivity index (χ2v) is 13.9. The maximum absolute atomic E-state index is 14.7. The Morgan fingerprint density at radius 3 is 2.41 bits per heavy atom. The zero-order valence-corrected chi connectivity index (χ0v) is 25.9. The van der Waals surface area contributed by atoms with Gasteiger partial charge in [-0.2, -0.15) is 0 Å². The van der Waals surface area contributed by atoms with Crippen LogP contribution < -0.4 is 4.90 Å². The molecule has 3 saturated heterocycles. The SMILES string of the molecule is C=CCN(C(=O)[C@@H]1[C@H]2C(=O)N([C@@H](CO)CC(C)C)C(C(=O)N(CC=C)C(C)CCC)C23CC[C@H]1S3)c1ccccc1. The molecule has 4 rings (SSSR count). The van der Waals surface area contributed by atoms with Crippen molar-refractivity contribution in [2.75, 3.05) is 24.6 Å². The van der Waals surface area contributed by atoms with Crippen molar-refractivity contribution in [3.05, 3.63) is 55.6 Å². The number of hydrogen-bond donors (Lipinski definition) is 1. The van der Waals surface area contributed by atoms with Crippen LogP contribution in [0.1, 0.15) is 59.8 Å². The number of hydrogen-bond acceptors (Lipinski definition) is 5. The Balaban J connectivity index is 1.80. The fraction of sp³-hybridized carbons (Fsp3) is 0.606. The number of carbonyl (C=O) groups excluding carboxylic acids is 3. The molecule has 2 bridgehead atoms. The van der Waals surface area contributed by atoms with Crippen molar-refractivity contribution in [3.8, 4) is 0 Å². The van der Waals surface area contributed by atoms with Crippen LogP contribution in [0, 0.1) is 17.8 Å². The quantitative estimate of drug-likeness (QED) is 0.316. The van der Waals surface area contributed by atoms with Gasteiger partial charge in [0.2, 0.25) is 17.7 Å². The number of aliphatic hydroxyl groups is 1. The van der Waals surface area contributed by atoms with E-state index >= 15 is 0 Å². The van der Waals surface area contributed by atoms with Crippen LogP contribution in [0.25, 0.3) is 0 Å². The van der Waals surface area contributed by atoms with E-state index in [9.17, 15) is 19.5 Å². The maximum Gasteiger partial charge on any atom is 0.247 e. The summed E-state index contributed by atoms with van der Waals surface area (Å²) in [5, 5.41) is 10.5. The van der Waals surface area contributed by atoms with E-state index in [0.29, 0.717) is 25.9 Å². The molecule has 7 atom stereocenters. The van der Waals surface area contributed by atoms with Crippen molar-refractivity contribution in [2.24, 2.45) is 17.8 Å². The Bertz CT molecular complexity index is 1130. The van der Waals surface area contributed by atoms with Crippen molar-refractivity contribution >= 4 is 35.2 Å². The highest BCUT2D eigenvalue weighted by atomic mass is 32.2. The molecule has 0 aliphatic carbocycles. The Morgan fingerprint density at radius 2 is 1.83 bits per heavy atom. The topological polar surface area (TPSA) is 81.2 Å². The summed E-state index contributed by atoms with van der Waals surface area (Å²) >= 11 is 1.68. The maximum atomic E-state index is 14.7. The molecule has 0 radical (unpaired) electrons.